The van der Waals surface area contributed by atoms with Crippen LogP contribution in [0.4, 0.5) is 4.39 Å². The Morgan fingerprint density at radius 1 is 1.37 bits per heavy atom. The Balaban J connectivity index is 2.84. The van der Waals surface area contributed by atoms with E-state index in [1.165, 1.54) is 12.1 Å². The minimum atomic E-state index is -0.249. The van der Waals surface area contributed by atoms with Crippen LogP contribution < -0.4 is 5.73 Å². The third-order valence-electron chi connectivity index (χ3n) is 3.48. The predicted molar refractivity (Wildman–Crippen MR) is 75.3 cm³/mol. The molecule has 1 unspecified atom stereocenters. The second kappa shape index (κ2) is 7.24. The van der Waals surface area contributed by atoms with Gasteiger partial charge >= 0.3 is 0 Å². The van der Waals surface area contributed by atoms with Crippen molar-refractivity contribution < 1.29 is 9.18 Å². The second-order valence-electron chi connectivity index (χ2n) is 4.72. The van der Waals surface area contributed by atoms with Gasteiger partial charge < -0.3 is 10.6 Å². The molecule has 1 aromatic rings. The average Bonchev–Trinajstić information content (AvgIpc) is 2.39. The van der Waals surface area contributed by atoms with E-state index in [1.54, 1.807) is 11.0 Å². The minimum Gasteiger partial charge on any atom is -0.343 e. The summed E-state index contributed by atoms with van der Waals surface area (Å²) in [7, 11) is 0. The number of halogens is 1. The number of carbonyl (C=O) groups excluding carboxylic acids is 1. The maximum Gasteiger partial charge on any atom is 0.227 e. The van der Waals surface area contributed by atoms with E-state index in [9.17, 15) is 9.18 Å². The van der Waals surface area contributed by atoms with Crippen LogP contribution in [0.15, 0.2) is 18.2 Å². The Bertz CT molecular complexity index is 430. The van der Waals surface area contributed by atoms with Crippen molar-refractivity contribution in [2.24, 2.45) is 11.7 Å². The van der Waals surface area contributed by atoms with Crippen molar-refractivity contribution in [2.45, 2.75) is 27.2 Å². The molecular formula is C15H23FN2O. The van der Waals surface area contributed by atoms with Gasteiger partial charge in [-0.05, 0) is 50.5 Å². The zero-order valence-electron chi connectivity index (χ0n) is 11.9. The molecule has 0 aliphatic carbocycles. The van der Waals surface area contributed by atoms with Crippen LogP contribution >= 0.6 is 0 Å². The van der Waals surface area contributed by atoms with Gasteiger partial charge in [0, 0.05) is 19.6 Å². The van der Waals surface area contributed by atoms with Crippen LogP contribution in [0, 0.1) is 18.7 Å². The van der Waals surface area contributed by atoms with E-state index in [0.717, 1.165) is 11.1 Å². The number of aryl methyl sites for hydroxylation is 1. The molecule has 0 spiro atoms. The number of hydrogen-bond donors (Lipinski definition) is 1. The van der Waals surface area contributed by atoms with Gasteiger partial charge in [0.2, 0.25) is 5.91 Å². The molecule has 0 saturated heterocycles. The lowest BCUT2D eigenvalue weighted by molar-refractivity contribution is -0.134. The van der Waals surface area contributed by atoms with Gasteiger partial charge in [-0.3, -0.25) is 4.79 Å². The van der Waals surface area contributed by atoms with Gasteiger partial charge in [-0.25, -0.2) is 4.39 Å². The van der Waals surface area contributed by atoms with Gasteiger partial charge in [-0.1, -0.05) is 6.07 Å². The molecule has 1 atom stereocenters. The lowest BCUT2D eigenvalue weighted by Gasteiger charge is -2.24. The average molecular weight is 266 g/mol. The highest BCUT2D eigenvalue weighted by atomic mass is 19.1. The van der Waals surface area contributed by atoms with Gasteiger partial charge in [-0.2, -0.15) is 0 Å². The summed E-state index contributed by atoms with van der Waals surface area (Å²) in [5.41, 5.74) is 7.58. The lowest BCUT2D eigenvalue weighted by Crippen LogP contribution is -2.40. The predicted octanol–water partition coefficient (Wildman–Crippen LogP) is 2.12. The number of hydrogen-bond acceptors (Lipinski definition) is 2. The molecule has 2 N–H and O–H groups in total. The number of nitrogens with two attached hydrogens (primary N) is 1. The quantitative estimate of drug-likeness (QED) is 0.857. The molecule has 0 bridgehead atoms. The number of rotatable bonds is 6. The molecule has 0 heterocycles. The van der Waals surface area contributed by atoms with Crippen LogP contribution in [0.2, 0.25) is 0 Å². The van der Waals surface area contributed by atoms with Crippen molar-refractivity contribution in [2.75, 3.05) is 19.6 Å². The molecule has 19 heavy (non-hydrogen) atoms. The lowest BCUT2D eigenvalue weighted by atomic mass is 9.95. The van der Waals surface area contributed by atoms with Gasteiger partial charge in [0.25, 0.3) is 0 Å². The van der Waals surface area contributed by atoms with Gasteiger partial charge in [0.1, 0.15) is 5.82 Å². The highest BCUT2D eigenvalue weighted by Gasteiger charge is 2.22. The van der Waals surface area contributed by atoms with E-state index in [0.29, 0.717) is 26.1 Å². The zero-order chi connectivity index (χ0) is 14.4. The van der Waals surface area contributed by atoms with Crippen LogP contribution in [0.1, 0.15) is 25.0 Å². The fraction of sp³-hybridized carbons (Fsp3) is 0.533. The van der Waals surface area contributed by atoms with Crippen molar-refractivity contribution in [3.05, 3.63) is 35.1 Å². The molecule has 0 saturated carbocycles. The zero-order valence-corrected chi connectivity index (χ0v) is 11.9. The molecule has 4 heteroatoms. The Morgan fingerprint density at radius 3 is 2.47 bits per heavy atom. The topological polar surface area (TPSA) is 46.3 Å². The SMILES string of the molecule is CCN(CC)C(=O)C(CN)Cc1ccc(F)cc1C. The molecule has 106 valence electrons. The molecule has 1 aromatic carbocycles. The van der Waals surface area contributed by atoms with Crippen LogP contribution in [0.5, 0.6) is 0 Å². The summed E-state index contributed by atoms with van der Waals surface area (Å²) in [6.45, 7) is 7.46. The van der Waals surface area contributed by atoms with Crippen LogP contribution in [-0.4, -0.2) is 30.4 Å². The summed E-state index contributed by atoms with van der Waals surface area (Å²) in [6, 6.07) is 4.66. The van der Waals surface area contributed by atoms with E-state index in [4.69, 9.17) is 5.73 Å². The first-order chi connectivity index (χ1) is 9.03. The molecular weight excluding hydrogens is 243 g/mol. The van der Waals surface area contributed by atoms with E-state index >= 15 is 0 Å². The summed E-state index contributed by atoms with van der Waals surface area (Å²) in [5.74, 6) is -0.402. The van der Waals surface area contributed by atoms with Gasteiger partial charge in [-0.15, -0.1) is 0 Å². The van der Waals surface area contributed by atoms with Gasteiger partial charge in [0.05, 0.1) is 5.92 Å². The number of amides is 1. The molecule has 0 radical (unpaired) electrons. The van der Waals surface area contributed by atoms with Crippen molar-refractivity contribution in [3.8, 4) is 0 Å². The van der Waals surface area contributed by atoms with E-state index in [1.807, 2.05) is 20.8 Å². The monoisotopic (exact) mass is 266 g/mol. The second-order valence-corrected chi connectivity index (χ2v) is 4.72. The third-order valence-corrected chi connectivity index (χ3v) is 3.48. The number of benzene rings is 1. The normalized spacial score (nSPS) is 12.3. The molecule has 1 rings (SSSR count). The molecule has 1 amide bonds. The molecule has 0 aromatic heterocycles. The number of carbonyl (C=O) groups is 1. The van der Waals surface area contributed by atoms with Crippen molar-refractivity contribution in [3.63, 3.8) is 0 Å². The van der Waals surface area contributed by atoms with Crippen molar-refractivity contribution >= 4 is 5.91 Å². The largest absolute Gasteiger partial charge is 0.343 e. The maximum atomic E-state index is 13.1. The fourth-order valence-electron chi connectivity index (χ4n) is 2.22. The number of nitrogens with zero attached hydrogens (tertiary/aromatic N) is 1. The van der Waals surface area contributed by atoms with Crippen LogP contribution in [0.3, 0.4) is 0 Å². The van der Waals surface area contributed by atoms with Crippen LogP contribution in [0.25, 0.3) is 0 Å². The highest BCUT2D eigenvalue weighted by molar-refractivity contribution is 5.79. The first kappa shape index (κ1) is 15.6. The summed E-state index contributed by atoms with van der Waals surface area (Å²) in [4.78, 5) is 14.1. The Labute approximate surface area is 114 Å². The first-order valence-corrected chi connectivity index (χ1v) is 6.77. The Morgan fingerprint density at radius 2 is 2.00 bits per heavy atom. The maximum absolute atomic E-state index is 13.1. The van der Waals surface area contributed by atoms with E-state index in [2.05, 4.69) is 0 Å². The molecule has 0 fully saturated rings. The molecule has 0 aliphatic rings. The van der Waals surface area contributed by atoms with Crippen molar-refractivity contribution in [1.82, 2.24) is 4.90 Å². The highest BCUT2D eigenvalue weighted by Crippen LogP contribution is 2.16. The standard InChI is InChI=1S/C15H23FN2O/c1-4-18(5-2)15(19)13(10-17)9-12-6-7-14(16)8-11(12)3/h6-8,13H,4-5,9-10,17H2,1-3H3. The summed E-state index contributed by atoms with van der Waals surface area (Å²) in [5, 5.41) is 0. The van der Waals surface area contributed by atoms with E-state index in [-0.39, 0.29) is 17.6 Å². The minimum absolute atomic E-state index is 0.0798. The fourth-order valence-corrected chi connectivity index (χ4v) is 2.22. The summed E-state index contributed by atoms with van der Waals surface area (Å²) < 4.78 is 13.1. The Hall–Kier alpha value is -1.42. The summed E-state index contributed by atoms with van der Waals surface area (Å²) >= 11 is 0. The third kappa shape index (κ3) is 4.03. The van der Waals surface area contributed by atoms with Gasteiger partial charge in [0.15, 0.2) is 0 Å². The smallest absolute Gasteiger partial charge is 0.227 e. The van der Waals surface area contributed by atoms with Crippen LogP contribution in [-0.2, 0) is 11.2 Å². The Kier molecular flexibility index (Phi) is 5.96. The van der Waals surface area contributed by atoms with Crippen molar-refractivity contribution in [1.29, 1.82) is 0 Å². The molecule has 0 aliphatic heterocycles. The molecule has 3 nitrogen and oxygen atoms in total. The first-order valence-electron chi connectivity index (χ1n) is 6.77. The van der Waals surface area contributed by atoms with E-state index < -0.39 is 0 Å². The summed E-state index contributed by atoms with van der Waals surface area (Å²) in [6.07, 6.45) is 0.567.